The first-order chi connectivity index (χ1) is 13.1. The van der Waals surface area contributed by atoms with E-state index in [1.165, 1.54) is 0 Å². The van der Waals surface area contributed by atoms with Gasteiger partial charge in [-0.1, -0.05) is 60.7 Å². The van der Waals surface area contributed by atoms with Gasteiger partial charge in [-0.3, -0.25) is 9.59 Å². The van der Waals surface area contributed by atoms with Gasteiger partial charge in [-0.15, -0.1) is 0 Å². The van der Waals surface area contributed by atoms with Crippen LogP contribution in [0.3, 0.4) is 0 Å². The van der Waals surface area contributed by atoms with E-state index in [2.05, 4.69) is 15.0 Å². The van der Waals surface area contributed by atoms with E-state index in [1.54, 1.807) is 0 Å². The molecule has 1 atom stereocenters. The molecule has 1 heterocycles. The maximum Gasteiger partial charge on any atom is 0.273 e. The lowest BCUT2D eigenvalue weighted by Crippen LogP contribution is -2.27. The normalized spacial score (nSPS) is 11.6. The lowest BCUT2D eigenvalue weighted by molar-refractivity contribution is 0.0942. The fraction of sp³-hybridized carbons (Fsp3) is 0.150. The van der Waals surface area contributed by atoms with Crippen molar-refractivity contribution in [2.24, 2.45) is 0 Å². The van der Waals surface area contributed by atoms with E-state index in [0.29, 0.717) is 6.54 Å². The summed E-state index contributed by atoms with van der Waals surface area (Å²) in [4.78, 5) is 25.1. The summed E-state index contributed by atoms with van der Waals surface area (Å²) >= 11 is 0.924. The number of carbonyl (C=O) groups is 2. The van der Waals surface area contributed by atoms with Gasteiger partial charge in [0.1, 0.15) is 4.88 Å². The lowest BCUT2D eigenvalue weighted by Gasteiger charge is -2.13. The van der Waals surface area contributed by atoms with Crippen LogP contribution in [0.2, 0.25) is 0 Å². The molecule has 0 aliphatic rings. The first-order valence-electron chi connectivity index (χ1n) is 8.49. The Labute approximate surface area is 161 Å². The van der Waals surface area contributed by atoms with Gasteiger partial charge in [-0.05, 0) is 29.6 Å². The van der Waals surface area contributed by atoms with Crippen LogP contribution in [0.4, 0.5) is 5.69 Å². The number of hydrogen-bond donors (Lipinski definition) is 3. The van der Waals surface area contributed by atoms with Crippen LogP contribution in [0.5, 0.6) is 0 Å². The van der Waals surface area contributed by atoms with E-state index in [1.807, 2.05) is 67.6 Å². The number of nitrogens with zero attached hydrogens (tertiary/aromatic N) is 1. The van der Waals surface area contributed by atoms with Gasteiger partial charge in [-0.2, -0.15) is 4.37 Å². The molecule has 0 spiro atoms. The highest BCUT2D eigenvalue weighted by Crippen LogP contribution is 2.23. The van der Waals surface area contributed by atoms with Crippen molar-refractivity contribution < 1.29 is 9.59 Å². The number of anilines is 1. The third kappa shape index (κ3) is 4.51. The number of rotatable bonds is 6. The standard InChI is InChI=1S/C20H20N4O2S/c1-13(15-10-6-3-7-11-15)23-20(26)18-16(21)17(24-27-18)19(25)22-12-14-8-4-2-5-9-14/h2-11,13H,12,21H2,1H3,(H,22,25)(H,23,26)/t13-/m1/s1. The van der Waals surface area contributed by atoms with E-state index in [-0.39, 0.29) is 28.2 Å². The molecule has 0 bridgehead atoms. The van der Waals surface area contributed by atoms with Crippen molar-refractivity contribution in [3.8, 4) is 0 Å². The predicted molar refractivity (Wildman–Crippen MR) is 106 cm³/mol. The fourth-order valence-electron chi connectivity index (χ4n) is 2.57. The number of nitrogen functional groups attached to an aromatic ring is 1. The third-order valence-corrected chi connectivity index (χ3v) is 4.95. The summed E-state index contributed by atoms with van der Waals surface area (Å²) in [6.07, 6.45) is 0. The smallest absolute Gasteiger partial charge is 0.273 e. The molecule has 4 N–H and O–H groups in total. The number of nitrogens with one attached hydrogen (secondary N) is 2. The quantitative estimate of drug-likeness (QED) is 0.612. The van der Waals surface area contributed by atoms with Crippen LogP contribution >= 0.6 is 11.5 Å². The average Bonchev–Trinajstić information content (AvgIpc) is 3.09. The molecule has 7 heteroatoms. The summed E-state index contributed by atoms with van der Waals surface area (Å²) in [5.74, 6) is -0.744. The second-order valence-electron chi connectivity index (χ2n) is 6.05. The summed E-state index contributed by atoms with van der Waals surface area (Å²) in [6, 6.07) is 18.9. The summed E-state index contributed by atoms with van der Waals surface area (Å²) in [7, 11) is 0. The molecule has 2 amide bonds. The summed E-state index contributed by atoms with van der Waals surface area (Å²) in [6.45, 7) is 2.25. The van der Waals surface area contributed by atoms with Crippen LogP contribution in [0.1, 0.15) is 44.3 Å². The van der Waals surface area contributed by atoms with Crippen molar-refractivity contribution in [1.82, 2.24) is 15.0 Å². The zero-order valence-corrected chi connectivity index (χ0v) is 15.6. The van der Waals surface area contributed by atoms with Crippen LogP contribution in [0.15, 0.2) is 60.7 Å². The van der Waals surface area contributed by atoms with E-state index in [4.69, 9.17) is 5.73 Å². The van der Waals surface area contributed by atoms with Crippen LogP contribution in [0.25, 0.3) is 0 Å². The van der Waals surface area contributed by atoms with E-state index in [0.717, 1.165) is 22.7 Å². The Morgan fingerprint density at radius 1 is 1.04 bits per heavy atom. The summed E-state index contributed by atoms with van der Waals surface area (Å²) in [5, 5.41) is 5.65. The molecule has 0 unspecified atom stereocenters. The topological polar surface area (TPSA) is 97.1 Å². The van der Waals surface area contributed by atoms with Crippen LogP contribution in [-0.2, 0) is 6.54 Å². The Hall–Kier alpha value is -3.19. The molecule has 27 heavy (non-hydrogen) atoms. The molecule has 0 saturated carbocycles. The highest BCUT2D eigenvalue weighted by atomic mass is 32.1. The first kappa shape index (κ1) is 18.6. The second kappa shape index (κ2) is 8.46. The predicted octanol–water partition coefficient (Wildman–Crippen LogP) is 3.15. The van der Waals surface area contributed by atoms with Gasteiger partial charge in [0, 0.05) is 6.54 Å². The van der Waals surface area contributed by atoms with Crippen molar-refractivity contribution in [2.45, 2.75) is 19.5 Å². The first-order valence-corrected chi connectivity index (χ1v) is 9.26. The maximum atomic E-state index is 12.5. The molecule has 1 aromatic heterocycles. The van der Waals surface area contributed by atoms with Gasteiger partial charge in [0.15, 0.2) is 5.69 Å². The van der Waals surface area contributed by atoms with E-state index < -0.39 is 5.91 Å². The molecular weight excluding hydrogens is 360 g/mol. The zero-order valence-electron chi connectivity index (χ0n) is 14.8. The second-order valence-corrected chi connectivity index (χ2v) is 6.82. The highest BCUT2D eigenvalue weighted by Gasteiger charge is 2.23. The molecule has 6 nitrogen and oxygen atoms in total. The molecule has 0 aliphatic carbocycles. The van der Waals surface area contributed by atoms with Gasteiger partial charge >= 0.3 is 0 Å². The van der Waals surface area contributed by atoms with Crippen molar-refractivity contribution in [3.05, 3.63) is 82.4 Å². The number of nitrogens with two attached hydrogens (primary N) is 1. The third-order valence-electron chi connectivity index (χ3n) is 4.09. The lowest BCUT2D eigenvalue weighted by atomic mass is 10.1. The SMILES string of the molecule is C[C@@H](NC(=O)c1snc(C(=O)NCc2ccccc2)c1N)c1ccccc1. The summed E-state index contributed by atoms with van der Waals surface area (Å²) in [5.41, 5.74) is 8.14. The Morgan fingerprint density at radius 2 is 1.67 bits per heavy atom. The molecule has 0 radical (unpaired) electrons. The van der Waals surface area contributed by atoms with Gasteiger partial charge in [0.25, 0.3) is 11.8 Å². The number of hydrogen-bond acceptors (Lipinski definition) is 5. The van der Waals surface area contributed by atoms with Crippen LogP contribution in [0, 0.1) is 0 Å². The average molecular weight is 380 g/mol. The van der Waals surface area contributed by atoms with Gasteiger partial charge < -0.3 is 16.4 Å². The molecule has 138 valence electrons. The van der Waals surface area contributed by atoms with Gasteiger partial charge in [-0.25, -0.2) is 0 Å². The van der Waals surface area contributed by atoms with Crippen molar-refractivity contribution in [1.29, 1.82) is 0 Å². The Morgan fingerprint density at radius 3 is 2.33 bits per heavy atom. The van der Waals surface area contributed by atoms with Gasteiger partial charge in [0.2, 0.25) is 0 Å². The maximum absolute atomic E-state index is 12.5. The van der Waals surface area contributed by atoms with E-state index >= 15 is 0 Å². The minimum Gasteiger partial charge on any atom is -0.395 e. The fourth-order valence-corrected chi connectivity index (χ4v) is 3.27. The van der Waals surface area contributed by atoms with Crippen LogP contribution < -0.4 is 16.4 Å². The minimum absolute atomic E-state index is 0.0773. The molecule has 0 aliphatic heterocycles. The molecule has 2 aromatic carbocycles. The summed E-state index contributed by atoms with van der Waals surface area (Å²) < 4.78 is 4.07. The molecule has 0 fully saturated rings. The number of amides is 2. The van der Waals surface area contributed by atoms with Crippen molar-refractivity contribution in [2.75, 3.05) is 5.73 Å². The Balaban J connectivity index is 1.65. The molecule has 3 rings (SSSR count). The van der Waals surface area contributed by atoms with Crippen molar-refractivity contribution >= 4 is 29.0 Å². The Bertz CT molecular complexity index is 926. The number of aromatic nitrogens is 1. The number of carbonyl (C=O) groups excluding carboxylic acids is 2. The minimum atomic E-state index is -0.400. The van der Waals surface area contributed by atoms with E-state index in [9.17, 15) is 9.59 Å². The Kier molecular flexibility index (Phi) is 5.83. The monoisotopic (exact) mass is 380 g/mol. The molecule has 3 aromatic rings. The molecular formula is C20H20N4O2S. The van der Waals surface area contributed by atoms with Crippen LogP contribution in [-0.4, -0.2) is 16.2 Å². The molecule has 0 saturated heterocycles. The van der Waals surface area contributed by atoms with Gasteiger partial charge in [0.05, 0.1) is 11.7 Å². The number of benzene rings is 2. The zero-order chi connectivity index (χ0) is 19.2. The highest BCUT2D eigenvalue weighted by molar-refractivity contribution is 7.09. The van der Waals surface area contributed by atoms with Crippen molar-refractivity contribution in [3.63, 3.8) is 0 Å². The largest absolute Gasteiger partial charge is 0.395 e.